The Morgan fingerprint density at radius 1 is 1.08 bits per heavy atom. The Kier molecular flexibility index (Phi) is 5.99. The highest BCUT2D eigenvalue weighted by Gasteiger charge is 2.17. The number of imidazole rings is 1. The Morgan fingerprint density at radius 3 is 2.77 bits per heavy atom. The lowest BCUT2D eigenvalue weighted by Gasteiger charge is -2.12. The molecule has 0 aliphatic carbocycles. The van der Waals surface area contributed by atoms with Crippen LogP contribution in [0.1, 0.15) is 20.3 Å². The summed E-state index contributed by atoms with van der Waals surface area (Å²) in [6.45, 7) is 8.42. The van der Waals surface area contributed by atoms with E-state index >= 15 is 0 Å². The molecule has 1 aromatic carbocycles. The molecule has 0 bridgehead atoms. The van der Waals surface area contributed by atoms with Crippen LogP contribution in [-0.4, -0.2) is 35.1 Å². The first-order chi connectivity index (χ1) is 18.8. The van der Waals surface area contributed by atoms with Crippen molar-refractivity contribution in [2.45, 2.75) is 20.3 Å². The van der Waals surface area contributed by atoms with Gasteiger partial charge in [-0.3, -0.25) is 15.1 Å². The van der Waals surface area contributed by atoms with E-state index in [0.29, 0.717) is 39.9 Å². The van der Waals surface area contributed by atoms with Gasteiger partial charge in [0.05, 0.1) is 34.8 Å². The molecule has 0 radical (unpaired) electrons. The van der Waals surface area contributed by atoms with Crippen molar-refractivity contribution in [1.82, 2.24) is 35.1 Å². The van der Waals surface area contributed by atoms with Crippen molar-refractivity contribution in [1.29, 1.82) is 0 Å². The molecule has 5 aromatic heterocycles. The predicted molar refractivity (Wildman–Crippen MR) is 152 cm³/mol. The zero-order chi connectivity index (χ0) is 27.1. The van der Waals surface area contributed by atoms with Crippen molar-refractivity contribution in [3.8, 4) is 33.9 Å². The minimum atomic E-state index is -0.411. The molecule has 0 aliphatic rings. The van der Waals surface area contributed by atoms with Gasteiger partial charge in [0.1, 0.15) is 11.5 Å². The van der Waals surface area contributed by atoms with E-state index in [1.165, 1.54) is 12.1 Å². The molecule has 0 atom stereocenters. The summed E-state index contributed by atoms with van der Waals surface area (Å²) in [6, 6.07) is 10.2. The van der Waals surface area contributed by atoms with Gasteiger partial charge >= 0.3 is 0 Å². The molecular formula is C29H26FN9. The highest BCUT2D eigenvalue weighted by molar-refractivity contribution is 5.97. The monoisotopic (exact) mass is 519 g/mol. The van der Waals surface area contributed by atoms with Gasteiger partial charge < -0.3 is 16.0 Å². The Morgan fingerprint density at radius 2 is 1.95 bits per heavy atom. The molecule has 0 aliphatic heterocycles. The second-order valence-corrected chi connectivity index (χ2v) is 9.89. The van der Waals surface area contributed by atoms with Crippen LogP contribution in [0.3, 0.4) is 0 Å². The van der Waals surface area contributed by atoms with Gasteiger partial charge in [-0.1, -0.05) is 20.4 Å². The number of hydrogen-bond donors (Lipinski definition) is 4. The van der Waals surface area contributed by atoms with Crippen LogP contribution in [0.25, 0.3) is 56.0 Å². The third-order valence-corrected chi connectivity index (χ3v) is 6.30. The van der Waals surface area contributed by atoms with Crippen molar-refractivity contribution in [3.63, 3.8) is 0 Å². The predicted octanol–water partition coefficient (Wildman–Crippen LogP) is 6.32. The Balaban J connectivity index is 1.39. The highest BCUT2D eigenvalue weighted by Crippen LogP contribution is 2.33. The number of aromatic amines is 2. The molecule has 0 saturated heterocycles. The molecule has 6 aromatic rings. The summed E-state index contributed by atoms with van der Waals surface area (Å²) in [5, 5.41) is 11.7. The van der Waals surface area contributed by atoms with E-state index < -0.39 is 5.82 Å². The van der Waals surface area contributed by atoms with Gasteiger partial charge in [0.15, 0.2) is 11.5 Å². The molecule has 0 spiro atoms. The fourth-order valence-electron chi connectivity index (χ4n) is 4.68. The summed E-state index contributed by atoms with van der Waals surface area (Å²) in [4.78, 5) is 21.4. The molecule has 5 heterocycles. The van der Waals surface area contributed by atoms with Gasteiger partial charge in [-0.05, 0) is 54.3 Å². The number of anilines is 2. The number of nitrogens with two attached hydrogens (primary N) is 1. The van der Waals surface area contributed by atoms with E-state index in [2.05, 4.69) is 60.9 Å². The molecular weight excluding hydrogens is 493 g/mol. The molecule has 0 amide bonds. The van der Waals surface area contributed by atoms with Crippen LogP contribution < -0.4 is 11.1 Å². The number of rotatable bonds is 7. The average Bonchev–Trinajstić information content (AvgIpc) is 3.51. The van der Waals surface area contributed by atoms with E-state index in [9.17, 15) is 4.39 Å². The van der Waals surface area contributed by atoms with Crippen LogP contribution in [0.4, 0.5) is 15.8 Å². The third-order valence-electron chi connectivity index (χ3n) is 6.30. The standard InChI is InChI=1S/C29H26FN9/c1-15(2)6-16(3)35-21-9-18(12-32-13-21)24-11-23-25(14-34-24)38-39-27(23)29-36-26-22(4-5-33-28(26)37-29)17-7-19(30)10-20(31)8-17/h4-5,7-15,35H,3,6,31H2,1-2H3,(H,38,39)(H,33,36,37). The summed E-state index contributed by atoms with van der Waals surface area (Å²) in [5.41, 5.74) is 13.5. The number of halogens is 1. The van der Waals surface area contributed by atoms with Crippen molar-refractivity contribution in [2.75, 3.05) is 11.1 Å². The van der Waals surface area contributed by atoms with Crippen LogP contribution in [0.5, 0.6) is 0 Å². The fraction of sp³-hybridized carbons (Fsp3) is 0.138. The van der Waals surface area contributed by atoms with E-state index in [-0.39, 0.29) is 0 Å². The molecule has 9 nitrogen and oxygen atoms in total. The maximum absolute atomic E-state index is 14.1. The van der Waals surface area contributed by atoms with Crippen LogP contribution >= 0.6 is 0 Å². The zero-order valence-electron chi connectivity index (χ0n) is 21.5. The van der Waals surface area contributed by atoms with Crippen LogP contribution in [-0.2, 0) is 0 Å². The number of fused-ring (bicyclic) bond motifs is 2. The number of pyridine rings is 3. The summed E-state index contributed by atoms with van der Waals surface area (Å²) >= 11 is 0. The quantitative estimate of drug-likeness (QED) is 0.181. The summed E-state index contributed by atoms with van der Waals surface area (Å²) < 4.78 is 14.1. The van der Waals surface area contributed by atoms with E-state index in [0.717, 1.165) is 45.5 Å². The maximum atomic E-state index is 14.1. The smallest absolute Gasteiger partial charge is 0.178 e. The van der Waals surface area contributed by atoms with E-state index in [4.69, 9.17) is 5.73 Å². The highest BCUT2D eigenvalue weighted by atomic mass is 19.1. The fourth-order valence-corrected chi connectivity index (χ4v) is 4.68. The Hall–Kier alpha value is -5.12. The zero-order valence-corrected chi connectivity index (χ0v) is 21.5. The first-order valence-electron chi connectivity index (χ1n) is 12.5. The van der Waals surface area contributed by atoms with Gasteiger partial charge in [0.25, 0.3) is 0 Å². The topological polar surface area (TPSA) is 134 Å². The molecule has 0 fully saturated rings. The lowest BCUT2D eigenvalue weighted by Crippen LogP contribution is -2.02. The number of aromatic nitrogens is 7. The number of benzene rings is 1. The molecule has 10 heteroatoms. The number of hydrogen-bond acceptors (Lipinski definition) is 7. The Labute approximate surface area is 223 Å². The van der Waals surface area contributed by atoms with Gasteiger partial charge in [-0.15, -0.1) is 0 Å². The lowest BCUT2D eigenvalue weighted by molar-refractivity contribution is 0.629. The molecule has 6 rings (SSSR count). The van der Waals surface area contributed by atoms with E-state index in [1.54, 1.807) is 36.9 Å². The summed E-state index contributed by atoms with van der Waals surface area (Å²) in [5.74, 6) is 0.614. The number of nitrogen functional groups attached to an aromatic ring is 1. The number of allylic oxidation sites excluding steroid dienone is 1. The SMILES string of the molecule is C=C(CC(C)C)Nc1cncc(-c2cc3c(-c4nc5nccc(-c6cc(N)cc(F)c6)c5[nH]4)n[nH]c3cn2)c1. The first kappa shape index (κ1) is 24.2. The lowest BCUT2D eigenvalue weighted by atomic mass is 10.1. The van der Waals surface area contributed by atoms with Crippen molar-refractivity contribution in [2.24, 2.45) is 5.92 Å². The maximum Gasteiger partial charge on any atom is 0.178 e. The molecule has 0 saturated carbocycles. The Bertz CT molecular complexity index is 1830. The molecule has 194 valence electrons. The summed E-state index contributed by atoms with van der Waals surface area (Å²) in [7, 11) is 0. The molecule has 39 heavy (non-hydrogen) atoms. The number of nitrogens with one attached hydrogen (secondary N) is 3. The van der Waals surface area contributed by atoms with Gasteiger partial charge in [-0.25, -0.2) is 14.4 Å². The van der Waals surface area contributed by atoms with Crippen LogP contribution in [0.2, 0.25) is 0 Å². The second-order valence-electron chi connectivity index (χ2n) is 9.89. The van der Waals surface area contributed by atoms with Crippen LogP contribution in [0, 0.1) is 11.7 Å². The minimum Gasteiger partial charge on any atom is -0.399 e. The molecule has 5 N–H and O–H groups in total. The van der Waals surface area contributed by atoms with Gasteiger partial charge in [0.2, 0.25) is 0 Å². The van der Waals surface area contributed by atoms with Crippen LogP contribution in [0.15, 0.2) is 73.5 Å². The summed E-state index contributed by atoms with van der Waals surface area (Å²) in [6.07, 6.45) is 7.78. The molecule has 0 unspecified atom stereocenters. The first-order valence-corrected chi connectivity index (χ1v) is 12.5. The van der Waals surface area contributed by atoms with Gasteiger partial charge in [-0.2, -0.15) is 5.10 Å². The van der Waals surface area contributed by atoms with E-state index in [1.807, 2.05) is 12.1 Å². The number of nitrogens with zero attached hydrogens (tertiary/aromatic N) is 5. The number of H-pyrrole nitrogens is 2. The third kappa shape index (κ3) is 4.79. The van der Waals surface area contributed by atoms with Crippen molar-refractivity contribution >= 4 is 33.4 Å². The largest absolute Gasteiger partial charge is 0.399 e. The van der Waals surface area contributed by atoms with Gasteiger partial charge in [0, 0.05) is 40.3 Å². The van der Waals surface area contributed by atoms with Crippen molar-refractivity contribution < 1.29 is 4.39 Å². The van der Waals surface area contributed by atoms with Crippen molar-refractivity contribution in [3.05, 3.63) is 79.3 Å². The minimum absolute atomic E-state index is 0.339. The normalized spacial score (nSPS) is 11.5. The average molecular weight is 520 g/mol. The second kappa shape index (κ2) is 9.64.